The van der Waals surface area contributed by atoms with Crippen LogP contribution in [-0.2, 0) is 11.2 Å². The van der Waals surface area contributed by atoms with Crippen LogP contribution < -0.4 is 5.32 Å². The van der Waals surface area contributed by atoms with E-state index in [2.05, 4.69) is 10.3 Å². The number of halogens is 1. The number of carbonyl (C=O) groups is 1. The molecule has 5 heteroatoms. The molecule has 3 N–H and O–H groups in total. The number of anilines is 1. The molecule has 0 radical (unpaired) electrons. The first-order valence-corrected chi connectivity index (χ1v) is 6.47. The van der Waals surface area contributed by atoms with Crippen molar-refractivity contribution in [1.29, 1.82) is 0 Å². The standard InChI is InChI=1S/C16H13FN2O2/c17-14-4-2-1-3-10(14)7-15(20)19-12-6-5-11-9-18-16(21)13(11)8-12/h1-6,8-9,18,21H,7H2,(H,19,20). The predicted octanol–water partition coefficient (Wildman–Crippen LogP) is 3.19. The number of aromatic amines is 1. The highest BCUT2D eigenvalue weighted by molar-refractivity contribution is 5.96. The maximum Gasteiger partial charge on any atom is 0.228 e. The summed E-state index contributed by atoms with van der Waals surface area (Å²) in [4.78, 5) is 14.6. The Labute approximate surface area is 120 Å². The van der Waals surface area contributed by atoms with E-state index in [-0.39, 0.29) is 18.2 Å². The highest BCUT2D eigenvalue weighted by Crippen LogP contribution is 2.26. The summed E-state index contributed by atoms with van der Waals surface area (Å²) in [5, 5.41) is 13.8. The Morgan fingerprint density at radius 2 is 2.05 bits per heavy atom. The molecule has 0 saturated carbocycles. The molecule has 0 unspecified atom stereocenters. The lowest BCUT2D eigenvalue weighted by atomic mass is 10.1. The second-order valence-corrected chi connectivity index (χ2v) is 4.76. The van der Waals surface area contributed by atoms with E-state index in [0.717, 1.165) is 5.39 Å². The van der Waals surface area contributed by atoms with Crippen molar-refractivity contribution < 1.29 is 14.3 Å². The molecule has 1 aromatic heterocycles. The molecule has 3 aromatic rings. The second-order valence-electron chi connectivity index (χ2n) is 4.76. The van der Waals surface area contributed by atoms with Crippen molar-refractivity contribution in [2.24, 2.45) is 0 Å². The van der Waals surface area contributed by atoms with E-state index in [9.17, 15) is 14.3 Å². The minimum Gasteiger partial charge on any atom is -0.494 e. The van der Waals surface area contributed by atoms with Crippen molar-refractivity contribution in [3.8, 4) is 5.88 Å². The van der Waals surface area contributed by atoms with Gasteiger partial charge in [0.15, 0.2) is 5.88 Å². The molecule has 0 aliphatic rings. The number of benzene rings is 2. The van der Waals surface area contributed by atoms with Crippen molar-refractivity contribution in [2.45, 2.75) is 6.42 Å². The van der Waals surface area contributed by atoms with Crippen molar-refractivity contribution in [3.63, 3.8) is 0 Å². The molecule has 106 valence electrons. The van der Waals surface area contributed by atoms with E-state index in [0.29, 0.717) is 16.6 Å². The lowest BCUT2D eigenvalue weighted by molar-refractivity contribution is -0.115. The Hall–Kier alpha value is -2.82. The van der Waals surface area contributed by atoms with Crippen LogP contribution in [-0.4, -0.2) is 16.0 Å². The van der Waals surface area contributed by atoms with Crippen LogP contribution in [0, 0.1) is 5.82 Å². The smallest absolute Gasteiger partial charge is 0.228 e. The third-order valence-electron chi connectivity index (χ3n) is 3.27. The molecule has 0 aliphatic carbocycles. The first-order valence-electron chi connectivity index (χ1n) is 6.47. The molecular formula is C16H13FN2O2. The summed E-state index contributed by atoms with van der Waals surface area (Å²) in [6.45, 7) is 0. The molecular weight excluding hydrogens is 271 g/mol. The number of rotatable bonds is 3. The quantitative estimate of drug-likeness (QED) is 0.691. The molecule has 0 spiro atoms. The minimum atomic E-state index is -0.397. The predicted molar refractivity (Wildman–Crippen MR) is 78.7 cm³/mol. The Morgan fingerprint density at radius 3 is 2.86 bits per heavy atom. The number of fused-ring (bicyclic) bond motifs is 1. The van der Waals surface area contributed by atoms with Crippen LogP contribution in [0.3, 0.4) is 0 Å². The third-order valence-corrected chi connectivity index (χ3v) is 3.27. The molecule has 1 amide bonds. The lowest BCUT2D eigenvalue weighted by Crippen LogP contribution is -2.15. The second kappa shape index (κ2) is 5.28. The fourth-order valence-corrected chi connectivity index (χ4v) is 2.21. The summed E-state index contributed by atoms with van der Waals surface area (Å²) in [5.74, 6) is -0.656. The summed E-state index contributed by atoms with van der Waals surface area (Å²) < 4.78 is 13.5. The van der Waals surface area contributed by atoms with Crippen LogP contribution in [0.1, 0.15) is 5.56 Å². The minimum absolute atomic E-state index is 0.0379. The number of carbonyl (C=O) groups excluding carboxylic acids is 1. The first-order chi connectivity index (χ1) is 10.1. The number of aromatic nitrogens is 1. The van der Waals surface area contributed by atoms with Crippen LogP contribution in [0.25, 0.3) is 10.8 Å². The van der Waals surface area contributed by atoms with E-state index in [1.54, 1.807) is 42.6 Å². The van der Waals surface area contributed by atoms with Gasteiger partial charge in [0.2, 0.25) is 5.91 Å². The SMILES string of the molecule is O=C(Cc1ccccc1F)Nc1ccc2c[nH]c(O)c2c1. The summed E-state index contributed by atoms with van der Waals surface area (Å²) in [7, 11) is 0. The summed E-state index contributed by atoms with van der Waals surface area (Å²) in [6, 6.07) is 11.4. The van der Waals surface area contributed by atoms with Gasteiger partial charge in [0.25, 0.3) is 0 Å². The molecule has 0 aliphatic heterocycles. The maximum absolute atomic E-state index is 13.5. The fourth-order valence-electron chi connectivity index (χ4n) is 2.21. The van der Waals surface area contributed by atoms with Crippen LogP contribution in [0.2, 0.25) is 0 Å². The maximum atomic E-state index is 13.5. The number of H-pyrrole nitrogens is 1. The normalized spacial score (nSPS) is 10.7. The van der Waals surface area contributed by atoms with E-state index < -0.39 is 5.82 Å². The molecule has 4 nitrogen and oxygen atoms in total. The highest BCUT2D eigenvalue weighted by Gasteiger charge is 2.09. The van der Waals surface area contributed by atoms with E-state index in [4.69, 9.17) is 0 Å². The molecule has 0 bridgehead atoms. The third kappa shape index (κ3) is 2.72. The van der Waals surface area contributed by atoms with Crippen molar-refractivity contribution in [2.75, 3.05) is 5.32 Å². The number of hydrogen-bond donors (Lipinski definition) is 3. The van der Waals surface area contributed by atoms with Gasteiger partial charge in [-0.2, -0.15) is 0 Å². The van der Waals surface area contributed by atoms with Crippen LogP contribution in [0.4, 0.5) is 10.1 Å². The van der Waals surface area contributed by atoms with Gasteiger partial charge in [-0.1, -0.05) is 24.3 Å². The van der Waals surface area contributed by atoms with Gasteiger partial charge in [-0.05, 0) is 23.8 Å². The molecule has 21 heavy (non-hydrogen) atoms. The van der Waals surface area contributed by atoms with Crippen molar-refractivity contribution in [1.82, 2.24) is 4.98 Å². The Bertz CT molecular complexity index is 811. The van der Waals surface area contributed by atoms with E-state index >= 15 is 0 Å². The van der Waals surface area contributed by atoms with Gasteiger partial charge < -0.3 is 15.4 Å². The zero-order chi connectivity index (χ0) is 14.8. The molecule has 0 fully saturated rings. The molecule has 0 saturated heterocycles. The molecule has 3 rings (SSSR count). The number of nitrogens with one attached hydrogen (secondary N) is 2. The molecule has 1 heterocycles. The summed E-state index contributed by atoms with van der Waals surface area (Å²) in [5.41, 5.74) is 0.902. The molecule has 2 aromatic carbocycles. The first kappa shape index (κ1) is 13.2. The zero-order valence-electron chi connectivity index (χ0n) is 11.1. The van der Waals surface area contributed by atoms with Gasteiger partial charge in [0.05, 0.1) is 6.42 Å². The average molecular weight is 284 g/mol. The van der Waals surface area contributed by atoms with Crippen LogP contribution in [0.15, 0.2) is 48.7 Å². The fraction of sp³-hybridized carbons (Fsp3) is 0.0625. The van der Waals surface area contributed by atoms with Crippen LogP contribution in [0.5, 0.6) is 5.88 Å². The van der Waals surface area contributed by atoms with E-state index in [1.807, 2.05) is 0 Å². The average Bonchev–Trinajstić information content (AvgIpc) is 2.83. The number of hydrogen-bond acceptors (Lipinski definition) is 2. The summed E-state index contributed by atoms with van der Waals surface area (Å²) in [6.07, 6.45) is 1.64. The van der Waals surface area contributed by atoms with Gasteiger partial charge in [0, 0.05) is 22.7 Å². The lowest BCUT2D eigenvalue weighted by Gasteiger charge is -2.06. The van der Waals surface area contributed by atoms with Gasteiger partial charge in [-0.25, -0.2) is 4.39 Å². The highest BCUT2D eigenvalue weighted by atomic mass is 19.1. The van der Waals surface area contributed by atoms with E-state index in [1.165, 1.54) is 6.07 Å². The summed E-state index contributed by atoms with van der Waals surface area (Å²) >= 11 is 0. The largest absolute Gasteiger partial charge is 0.494 e. The topological polar surface area (TPSA) is 65.1 Å². The van der Waals surface area contributed by atoms with Crippen LogP contribution >= 0.6 is 0 Å². The van der Waals surface area contributed by atoms with Gasteiger partial charge in [-0.3, -0.25) is 4.79 Å². The Kier molecular flexibility index (Phi) is 3.31. The number of aromatic hydroxyl groups is 1. The zero-order valence-corrected chi connectivity index (χ0v) is 11.1. The Balaban J connectivity index is 1.77. The number of amides is 1. The molecule has 0 atom stereocenters. The van der Waals surface area contributed by atoms with Gasteiger partial charge in [-0.15, -0.1) is 0 Å². The van der Waals surface area contributed by atoms with Crippen molar-refractivity contribution in [3.05, 3.63) is 60.0 Å². The monoisotopic (exact) mass is 284 g/mol. The van der Waals surface area contributed by atoms with Gasteiger partial charge >= 0.3 is 0 Å². The van der Waals surface area contributed by atoms with Gasteiger partial charge in [0.1, 0.15) is 5.82 Å². The Morgan fingerprint density at radius 1 is 1.24 bits per heavy atom. The van der Waals surface area contributed by atoms with Crippen molar-refractivity contribution >= 4 is 22.4 Å².